The van der Waals surface area contributed by atoms with E-state index in [2.05, 4.69) is 14.1 Å². The average Bonchev–Trinajstić information content (AvgIpc) is 2.57. The summed E-state index contributed by atoms with van der Waals surface area (Å²) < 4.78 is 20.9. The molecule has 7 heteroatoms. The van der Waals surface area contributed by atoms with Crippen molar-refractivity contribution in [2.45, 2.75) is 0 Å². The number of nitrogens with zero attached hydrogens (tertiary/aromatic N) is 2. The van der Waals surface area contributed by atoms with Gasteiger partial charge in [-0.2, -0.15) is 8.75 Å². The molecule has 0 amide bonds. The zero-order chi connectivity index (χ0) is 10.8. The predicted molar refractivity (Wildman–Crippen MR) is 59.6 cm³/mol. The van der Waals surface area contributed by atoms with Gasteiger partial charge in [-0.3, -0.25) is 0 Å². The predicted octanol–water partition coefficient (Wildman–Crippen LogP) is 3.73. The largest absolute Gasteiger partial charge is 0.334 e. The minimum Gasteiger partial charge on any atom is -0.334 e. The van der Waals surface area contributed by atoms with E-state index in [4.69, 9.17) is 23.2 Å². The van der Waals surface area contributed by atoms with Crippen molar-refractivity contribution in [2.24, 2.45) is 0 Å². The van der Waals surface area contributed by atoms with Gasteiger partial charge in [-0.1, -0.05) is 23.2 Å². The number of aromatic nitrogens is 2. The highest BCUT2D eigenvalue weighted by Gasteiger charge is 2.08. The lowest BCUT2D eigenvalue weighted by Gasteiger charge is -2.04. The maximum Gasteiger partial charge on any atom is 0.187 e. The van der Waals surface area contributed by atoms with Crippen LogP contribution in [0.25, 0.3) is 0 Å². The van der Waals surface area contributed by atoms with Crippen LogP contribution in [0, 0.1) is 5.82 Å². The van der Waals surface area contributed by atoms with E-state index in [1.807, 2.05) is 0 Å². The molecular formula is C8H4Cl2FN3S. The molecule has 0 radical (unpaired) electrons. The van der Waals surface area contributed by atoms with E-state index in [9.17, 15) is 4.39 Å². The number of nitrogens with one attached hydrogen (secondary N) is 1. The summed E-state index contributed by atoms with van der Waals surface area (Å²) in [5, 5.41) is 3.27. The first kappa shape index (κ1) is 10.6. The normalized spacial score (nSPS) is 10.3. The molecule has 0 aliphatic heterocycles. The highest BCUT2D eigenvalue weighted by molar-refractivity contribution is 6.99. The zero-order valence-corrected chi connectivity index (χ0v) is 9.50. The molecule has 78 valence electrons. The second-order valence-corrected chi connectivity index (χ2v) is 3.98. The summed E-state index contributed by atoms with van der Waals surface area (Å²) >= 11 is 12.3. The Balaban J connectivity index is 2.29. The van der Waals surface area contributed by atoms with Crippen molar-refractivity contribution >= 4 is 46.4 Å². The number of hydrogen-bond donors (Lipinski definition) is 1. The number of benzene rings is 1. The molecule has 1 aromatic carbocycles. The number of anilines is 2. The Morgan fingerprint density at radius 1 is 1.27 bits per heavy atom. The molecule has 0 unspecified atom stereocenters. The Kier molecular flexibility index (Phi) is 3.04. The summed E-state index contributed by atoms with van der Waals surface area (Å²) in [6, 6.07) is 4.28. The molecule has 2 rings (SSSR count). The maximum atomic E-state index is 13.3. The van der Waals surface area contributed by atoms with Crippen LogP contribution in [-0.2, 0) is 0 Å². The van der Waals surface area contributed by atoms with Crippen molar-refractivity contribution in [2.75, 3.05) is 5.32 Å². The van der Waals surface area contributed by atoms with Gasteiger partial charge in [0.1, 0.15) is 5.82 Å². The first-order valence-electron chi connectivity index (χ1n) is 3.87. The highest BCUT2D eigenvalue weighted by Crippen LogP contribution is 2.26. The van der Waals surface area contributed by atoms with Gasteiger partial charge in [0.25, 0.3) is 0 Å². The SMILES string of the molecule is Fc1cc(Cl)ccc1Nc1nsnc1Cl. The molecule has 0 atom stereocenters. The fraction of sp³-hybridized carbons (Fsp3) is 0. The van der Waals surface area contributed by atoms with Crippen molar-refractivity contribution in [1.82, 2.24) is 8.75 Å². The topological polar surface area (TPSA) is 37.8 Å². The van der Waals surface area contributed by atoms with E-state index >= 15 is 0 Å². The molecule has 2 aromatic rings. The summed E-state index contributed by atoms with van der Waals surface area (Å²) in [6.45, 7) is 0. The monoisotopic (exact) mass is 263 g/mol. The lowest BCUT2D eigenvalue weighted by atomic mass is 10.3. The van der Waals surface area contributed by atoms with Crippen molar-refractivity contribution < 1.29 is 4.39 Å². The van der Waals surface area contributed by atoms with Gasteiger partial charge < -0.3 is 5.32 Å². The van der Waals surface area contributed by atoms with Crippen molar-refractivity contribution in [3.8, 4) is 0 Å². The second-order valence-electron chi connectivity index (χ2n) is 2.65. The Morgan fingerprint density at radius 2 is 2.07 bits per heavy atom. The van der Waals surface area contributed by atoms with Crippen LogP contribution in [0.15, 0.2) is 18.2 Å². The summed E-state index contributed by atoms with van der Waals surface area (Å²) in [5.41, 5.74) is 0.258. The van der Waals surface area contributed by atoms with Gasteiger partial charge >= 0.3 is 0 Å². The number of hydrogen-bond acceptors (Lipinski definition) is 4. The van der Waals surface area contributed by atoms with Gasteiger partial charge in [0.2, 0.25) is 0 Å². The van der Waals surface area contributed by atoms with E-state index < -0.39 is 5.82 Å². The standard InChI is InChI=1S/C8H4Cl2FN3S/c9-4-1-2-6(5(11)3-4)12-8-7(10)13-15-14-8/h1-3H,(H,12,14). The van der Waals surface area contributed by atoms with E-state index in [1.165, 1.54) is 12.1 Å². The van der Waals surface area contributed by atoms with E-state index in [-0.39, 0.29) is 10.8 Å². The van der Waals surface area contributed by atoms with E-state index in [1.54, 1.807) is 6.07 Å². The molecule has 1 aromatic heterocycles. The minimum absolute atomic E-state index is 0.217. The van der Waals surface area contributed by atoms with Crippen LogP contribution in [0.3, 0.4) is 0 Å². The molecule has 0 saturated carbocycles. The number of rotatable bonds is 2. The van der Waals surface area contributed by atoms with Crippen LogP contribution in [0.5, 0.6) is 0 Å². The third kappa shape index (κ3) is 2.37. The Morgan fingerprint density at radius 3 is 2.67 bits per heavy atom. The first-order chi connectivity index (χ1) is 7.16. The molecule has 1 N–H and O–H groups in total. The molecule has 0 saturated heterocycles. The molecule has 0 fully saturated rings. The molecule has 0 aliphatic rings. The third-order valence-corrected chi connectivity index (χ3v) is 2.76. The first-order valence-corrected chi connectivity index (χ1v) is 5.35. The van der Waals surface area contributed by atoms with Crippen LogP contribution < -0.4 is 5.32 Å². The summed E-state index contributed by atoms with van der Waals surface area (Å²) in [6.07, 6.45) is 0. The fourth-order valence-electron chi connectivity index (χ4n) is 0.971. The lowest BCUT2D eigenvalue weighted by molar-refractivity contribution is 0.632. The van der Waals surface area contributed by atoms with Crippen LogP contribution in [-0.4, -0.2) is 8.75 Å². The fourth-order valence-corrected chi connectivity index (χ4v) is 1.77. The molecule has 15 heavy (non-hydrogen) atoms. The minimum atomic E-state index is -0.466. The van der Waals surface area contributed by atoms with Gasteiger partial charge in [-0.15, -0.1) is 0 Å². The van der Waals surface area contributed by atoms with Crippen LogP contribution in [0.4, 0.5) is 15.9 Å². The van der Waals surface area contributed by atoms with Gasteiger partial charge in [0, 0.05) is 5.02 Å². The maximum absolute atomic E-state index is 13.3. The number of halogens is 3. The smallest absolute Gasteiger partial charge is 0.187 e. The zero-order valence-electron chi connectivity index (χ0n) is 7.17. The summed E-state index contributed by atoms with van der Waals surface area (Å²) in [5.74, 6) is -0.130. The summed E-state index contributed by atoms with van der Waals surface area (Å²) in [4.78, 5) is 0. The molecular weight excluding hydrogens is 260 g/mol. The highest BCUT2D eigenvalue weighted by atomic mass is 35.5. The Hall–Kier alpha value is -0.910. The Labute approximate surface area is 99.2 Å². The van der Waals surface area contributed by atoms with E-state index in [0.717, 1.165) is 11.7 Å². The van der Waals surface area contributed by atoms with Gasteiger partial charge in [-0.25, -0.2) is 4.39 Å². The van der Waals surface area contributed by atoms with Crippen LogP contribution in [0.2, 0.25) is 10.2 Å². The molecule has 3 nitrogen and oxygen atoms in total. The molecule has 0 bridgehead atoms. The summed E-state index contributed by atoms with van der Waals surface area (Å²) in [7, 11) is 0. The molecule has 1 heterocycles. The van der Waals surface area contributed by atoms with Crippen molar-refractivity contribution in [3.05, 3.63) is 34.2 Å². The van der Waals surface area contributed by atoms with Crippen LogP contribution in [0.1, 0.15) is 0 Å². The van der Waals surface area contributed by atoms with Gasteiger partial charge in [0.05, 0.1) is 17.4 Å². The lowest BCUT2D eigenvalue weighted by Crippen LogP contribution is -1.94. The van der Waals surface area contributed by atoms with Crippen molar-refractivity contribution in [1.29, 1.82) is 0 Å². The third-order valence-electron chi connectivity index (χ3n) is 1.63. The van der Waals surface area contributed by atoms with Crippen LogP contribution >= 0.6 is 34.9 Å². The second kappa shape index (κ2) is 4.30. The van der Waals surface area contributed by atoms with Gasteiger partial charge in [-0.05, 0) is 18.2 Å². The Bertz CT molecular complexity index is 488. The van der Waals surface area contributed by atoms with Crippen molar-refractivity contribution in [3.63, 3.8) is 0 Å². The van der Waals surface area contributed by atoms with Gasteiger partial charge in [0.15, 0.2) is 11.0 Å². The van der Waals surface area contributed by atoms with E-state index in [0.29, 0.717) is 10.8 Å². The molecule has 0 aliphatic carbocycles. The molecule has 0 spiro atoms. The quantitative estimate of drug-likeness (QED) is 0.898. The average molecular weight is 264 g/mol.